The maximum Gasteiger partial charge on any atom is 0.0530 e. The highest BCUT2D eigenvalue weighted by Crippen LogP contribution is 2.15. The van der Waals surface area contributed by atoms with E-state index in [0.29, 0.717) is 11.8 Å². The predicted octanol–water partition coefficient (Wildman–Crippen LogP) is 0.802. The van der Waals surface area contributed by atoms with Crippen molar-refractivity contribution in [2.24, 2.45) is 5.73 Å². The van der Waals surface area contributed by atoms with Crippen molar-refractivity contribution in [3.05, 3.63) is 12.2 Å². The molecule has 0 aromatic heterocycles. The summed E-state index contributed by atoms with van der Waals surface area (Å²) in [5, 5.41) is 0.321. The van der Waals surface area contributed by atoms with Crippen LogP contribution >= 0.6 is 0 Å². The molecule has 3 heteroatoms. The molecule has 0 heterocycles. The summed E-state index contributed by atoms with van der Waals surface area (Å²) in [6, 6.07) is 0. The van der Waals surface area contributed by atoms with Gasteiger partial charge in [-0.25, -0.2) is 0 Å². The van der Waals surface area contributed by atoms with Crippen molar-refractivity contribution in [1.29, 1.82) is 0 Å². The van der Waals surface area contributed by atoms with Gasteiger partial charge < -0.3 is 5.73 Å². The lowest BCUT2D eigenvalue weighted by Gasteiger charge is -2.05. The standard InChI is InChI=1S/C8H15NOS/c9-6-3-7-11(10)8-4-1-2-5-8/h1,4,8H,2-3,5-7,9H2. The van der Waals surface area contributed by atoms with E-state index in [1.165, 1.54) is 0 Å². The Morgan fingerprint density at radius 3 is 3.00 bits per heavy atom. The molecule has 0 aromatic rings. The van der Waals surface area contributed by atoms with Gasteiger partial charge in [-0.05, 0) is 25.8 Å². The predicted molar refractivity (Wildman–Crippen MR) is 48.8 cm³/mol. The molecule has 2 N–H and O–H groups in total. The van der Waals surface area contributed by atoms with E-state index < -0.39 is 10.8 Å². The average Bonchev–Trinajstić information content (AvgIpc) is 2.52. The van der Waals surface area contributed by atoms with E-state index >= 15 is 0 Å². The number of hydrogen-bond donors (Lipinski definition) is 1. The van der Waals surface area contributed by atoms with Gasteiger partial charge in [0.25, 0.3) is 0 Å². The smallest absolute Gasteiger partial charge is 0.0530 e. The number of allylic oxidation sites excluding steroid dienone is 1. The molecular weight excluding hydrogens is 158 g/mol. The van der Waals surface area contributed by atoms with Crippen molar-refractivity contribution < 1.29 is 4.21 Å². The fourth-order valence-corrected chi connectivity index (χ4v) is 2.64. The molecule has 2 nitrogen and oxygen atoms in total. The zero-order chi connectivity index (χ0) is 8.10. The molecule has 1 aliphatic carbocycles. The number of rotatable bonds is 4. The fourth-order valence-electron chi connectivity index (χ4n) is 1.20. The van der Waals surface area contributed by atoms with Crippen LogP contribution in [0, 0.1) is 0 Å². The Morgan fingerprint density at radius 2 is 2.45 bits per heavy atom. The van der Waals surface area contributed by atoms with Crippen LogP contribution in [0.1, 0.15) is 19.3 Å². The topological polar surface area (TPSA) is 43.1 Å². The highest BCUT2D eigenvalue weighted by Gasteiger charge is 2.15. The van der Waals surface area contributed by atoms with Crippen LogP contribution in [0.5, 0.6) is 0 Å². The van der Waals surface area contributed by atoms with E-state index in [-0.39, 0.29) is 0 Å². The summed E-state index contributed by atoms with van der Waals surface area (Å²) in [5.74, 6) is 0.769. The van der Waals surface area contributed by atoms with Crippen molar-refractivity contribution in [2.75, 3.05) is 12.3 Å². The molecule has 0 bridgehead atoms. The van der Waals surface area contributed by atoms with Crippen molar-refractivity contribution in [3.63, 3.8) is 0 Å². The summed E-state index contributed by atoms with van der Waals surface area (Å²) in [6.07, 6.45) is 7.24. The Bertz CT molecular complexity index is 167. The third-order valence-corrected chi connectivity index (χ3v) is 3.62. The lowest BCUT2D eigenvalue weighted by atomic mass is 10.4. The second-order valence-electron chi connectivity index (χ2n) is 2.77. The van der Waals surface area contributed by atoms with Gasteiger partial charge in [0, 0.05) is 16.6 Å². The number of hydrogen-bond acceptors (Lipinski definition) is 2. The van der Waals surface area contributed by atoms with Gasteiger partial charge in [-0.1, -0.05) is 12.2 Å². The zero-order valence-corrected chi connectivity index (χ0v) is 7.48. The second-order valence-corrected chi connectivity index (χ2v) is 4.55. The molecule has 2 atom stereocenters. The molecule has 0 saturated carbocycles. The Labute approximate surface area is 70.3 Å². The molecule has 0 aromatic carbocycles. The minimum absolute atomic E-state index is 0.321. The first kappa shape index (κ1) is 8.94. The second kappa shape index (κ2) is 4.67. The third-order valence-electron chi connectivity index (χ3n) is 1.86. The van der Waals surface area contributed by atoms with E-state index in [0.717, 1.165) is 25.0 Å². The highest BCUT2D eigenvalue weighted by molar-refractivity contribution is 7.85. The maximum atomic E-state index is 11.4. The van der Waals surface area contributed by atoms with Crippen molar-refractivity contribution in [1.82, 2.24) is 0 Å². The lowest BCUT2D eigenvalue weighted by Crippen LogP contribution is -2.15. The van der Waals surface area contributed by atoms with E-state index in [1.807, 2.05) is 0 Å². The highest BCUT2D eigenvalue weighted by atomic mass is 32.2. The van der Waals surface area contributed by atoms with Crippen LogP contribution in [0.2, 0.25) is 0 Å². The first-order valence-electron chi connectivity index (χ1n) is 4.08. The molecule has 0 saturated heterocycles. The van der Waals surface area contributed by atoms with Crippen LogP contribution in [0.25, 0.3) is 0 Å². The summed E-state index contributed by atoms with van der Waals surface area (Å²) < 4.78 is 11.4. The Kier molecular flexibility index (Phi) is 3.80. The SMILES string of the molecule is NCCCS(=O)C1C=CCC1. The van der Waals surface area contributed by atoms with Crippen LogP contribution in [-0.2, 0) is 10.8 Å². The van der Waals surface area contributed by atoms with Crippen LogP contribution in [-0.4, -0.2) is 21.8 Å². The molecule has 64 valence electrons. The monoisotopic (exact) mass is 173 g/mol. The molecule has 0 radical (unpaired) electrons. The molecule has 0 spiro atoms. The first-order valence-corrected chi connectivity index (χ1v) is 5.46. The summed E-state index contributed by atoms with van der Waals surface area (Å²) >= 11 is 0. The van der Waals surface area contributed by atoms with E-state index in [9.17, 15) is 4.21 Å². The van der Waals surface area contributed by atoms with Crippen LogP contribution in [0.15, 0.2) is 12.2 Å². The van der Waals surface area contributed by atoms with Crippen molar-refractivity contribution in [2.45, 2.75) is 24.5 Å². The fraction of sp³-hybridized carbons (Fsp3) is 0.750. The summed E-state index contributed by atoms with van der Waals surface area (Å²) in [7, 11) is -0.662. The molecule has 0 fully saturated rings. The number of nitrogens with two attached hydrogens (primary N) is 1. The lowest BCUT2D eigenvalue weighted by molar-refractivity contribution is 0.673. The van der Waals surface area contributed by atoms with Gasteiger partial charge in [0.1, 0.15) is 0 Å². The normalized spacial score (nSPS) is 25.7. The molecule has 1 aliphatic rings. The summed E-state index contributed by atoms with van der Waals surface area (Å²) in [4.78, 5) is 0. The van der Waals surface area contributed by atoms with Gasteiger partial charge >= 0.3 is 0 Å². The summed E-state index contributed by atoms with van der Waals surface area (Å²) in [5.41, 5.74) is 5.32. The molecule has 11 heavy (non-hydrogen) atoms. The van der Waals surface area contributed by atoms with Gasteiger partial charge in [0.2, 0.25) is 0 Å². The molecule has 1 rings (SSSR count). The van der Waals surface area contributed by atoms with Crippen molar-refractivity contribution in [3.8, 4) is 0 Å². The molecule has 2 unspecified atom stereocenters. The Hall–Kier alpha value is -0.150. The van der Waals surface area contributed by atoms with Crippen LogP contribution in [0.4, 0.5) is 0 Å². The van der Waals surface area contributed by atoms with Gasteiger partial charge in [0.05, 0.1) is 5.25 Å². The van der Waals surface area contributed by atoms with Gasteiger partial charge in [-0.3, -0.25) is 4.21 Å². The minimum atomic E-state index is -0.662. The van der Waals surface area contributed by atoms with Gasteiger partial charge in [-0.2, -0.15) is 0 Å². The minimum Gasteiger partial charge on any atom is -0.330 e. The Balaban J connectivity index is 2.23. The van der Waals surface area contributed by atoms with E-state index in [2.05, 4.69) is 12.2 Å². The van der Waals surface area contributed by atoms with Gasteiger partial charge in [-0.15, -0.1) is 0 Å². The quantitative estimate of drug-likeness (QED) is 0.639. The molecule has 0 aliphatic heterocycles. The van der Waals surface area contributed by atoms with E-state index in [4.69, 9.17) is 5.73 Å². The first-order chi connectivity index (χ1) is 5.34. The maximum absolute atomic E-state index is 11.4. The van der Waals surface area contributed by atoms with E-state index in [1.54, 1.807) is 0 Å². The van der Waals surface area contributed by atoms with Crippen LogP contribution in [0.3, 0.4) is 0 Å². The van der Waals surface area contributed by atoms with Gasteiger partial charge in [0.15, 0.2) is 0 Å². The molecular formula is C8H15NOS. The average molecular weight is 173 g/mol. The molecule has 0 amide bonds. The Morgan fingerprint density at radius 1 is 1.64 bits per heavy atom. The largest absolute Gasteiger partial charge is 0.330 e. The van der Waals surface area contributed by atoms with Crippen molar-refractivity contribution >= 4 is 10.8 Å². The van der Waals surface area contributed by atoms with Crippen LogP contribution < -0.4 is 5.73 Å². The third kappa shape index (κ3) is 2.75. The zero-order valence-electron chi connectivity index (χ0n) is 6.66. The summed E-state index contributed by atoms with van der Waals surface area (Å²) in [6.45, 7) is 0.655.